The topological polar surface area (TPSA) is 43.3 Å². The second-order valence-electron chi connectivity index (χ2n) is 6.15. The number of carbonyl (C=O) groups is 1. The van der Waals surface area contributed by atoms with Gasteiger partial charge in [-0.1, -0.05) is 30.3 Å². The van der Waals surface area contributed by atoms with Gasteiger partial charge in [0.15, 0.2) is 0 Å². The summed E-state index contributed by atoms with van der Waals surface area (Å²) in [5.74, 6) is 0.384. The summed E-state index contributed by atoms with van der Waals surface area (Å²) in [6, 6.07) is 21.6. The zero-order valence-electron chi connectivity index (χ0n) is 14.8. The molecular weight excluding hydrogens is 324 g/mol. The lowest BCUT2D eigenvalue weighted by Gasteiger charge is -2.09. The van der Waals surface area contributed by atoms with Gasteiger partial charge in [0.05, 0.1) is 12.7 Å². The van der Waals surface area contributed by atoms with Gasteiger partial charge in [-0.2, -0.15) is 0 Å². The van der Waals surface area contributed by atoms with Crippen LogP contribution in [0.2, 0.25) is 0 Å². The number of rotatable bonds is 4. The van der Waals surface area contributed by atoms with Crippen LogP contribution in [-0.2, 0) is 6.54 Å². The van der Waals surface area contributed by atoms with Crippen molar-refractivity contribution in [3.05, 3.63) is 72.3 Å². The van der Waals surface area contributed by atoms with Crippen LogP contribution in [0.5, 0.6) is 5.75 Å². The number of amides is 1. The van der Waals surface area contributed by atoms with Crippen LogP contribution in [0.1, 0.15) is 17.3 Å². The molecule has 0 aliphatic heterocycles. The van der Waals surface area contributed by atoms with Crippen LogP contribution in [0.3, 0.4) is 0 Å². The van der Waals surface area contributed by atoms with Crippen molar-refractivity contribution in [1.29, 1.82) is 0 Å². The Morgan fingerprint density at radius 1 is 0.962 bits per heavy atom. The molecular formula is C22H20N2O2. The first-order valence-corrected chi connectivity index (χ1v) is 8.68. The van der Waals surface area contributed by atoms with Crippen molar-refractivity contribution in [3.8, 4) is 5.75 Å². The molecule has 4 heteroatoms. The molecule has 4 aromatic rings. The van der Waals surface area contributed by atoms with Crippen LogP contribution in [0.4, 0.5) is 5.69 Å². The lowest BCUT2D eigenvalue weighted by atomic mass is 10.1. The number of hydrogen-bond donors (Lipinski definition) is 1. The summed E-state index contributed by atoms with van der Waals surface area (Å²) in [5.41, 5.74) is 3.67. The molecule has 4 nitrogen and oxygen atoms in total. The van der Waals surface area contributed by atoms with Crippen molar-refractivity contribution in [2.75, 3.05) is 12.4 Å². The average molecular weight is 344 g/mol. The minimum Gasteiger partial charge on any atom is -0.496 e. The Balaban J connectivity index is 1.76. The molecule has 1 N–H and O–H groups in total. The van der Waals surface area contributed by atoms with Crippen LogP contribution in [0, 0.1) is 0 Å². The van der Waals surface area contributed by atoms with Crippen molar-refractivity contribution in [2.45, 2.75) is 13.5 Å². The van der Waals surface area contributed by atoms with Gasteiger partial charge >= 0.3 is 0 Å². The Labute approximate surface area is 152 Å². The fraction of sp³-hybridized carbons (Fsp3) is 0.136. The van der Waals surface area contributed by atoms with Crippen molar-refractivity contribution in [3.63, 3.8) is 0 Å². The van der Waals surface area contributed by atoms with Gasteiger partial charge in [0.2, 0.25) is 0 Å². The zero-order chi connectivity index (χ0) is 18.1. The van der Waals surface area contributed by atoms with Gasteiger partial charge in [0, 0.05) is 34.0 Å². The molecule has 1 aromatic heterocycles. The molecule has 0 spiro atoms. The molecule has 1 heterocycles. The Morgan fingerprint density at radius 2 is 1.69 bits per heavy atom. The summed E-state index contributed by atoms with van der Waals surface area (Å²) < 4.78 is 7.57. The van der Waals surface area contributed by atoms with E-state index >= 15 is 0 Å². The molecule has 0 unspecified atom stereocenters. The minimum absolute atomic E-state index is 0.180. The number of nitrogens with zero attached hydrogens (tertiary/aromatic N) is 1. The molecule has 0 bridgehead atoms. The fourth-order valence-corrected chi connectivity index (χ4v) is 3.50. The number of hydrogen-bond acceptors (Lipinski definition) is 2. The van der Waals surface area contributed by atoms with Crippen molar-refractivity contribution >= 4 is 33.4 Å². The molecule has 0 radical (unpaired) electrons. The number of ether oxygens (including phenoxy) is 1. The van der Waals surface area contributed by atoms with Crippen LogP contribution in [0.15, 0.2) is 66.7 Å². The van der Waals surface area contributed by atoms with E-state index in [1.54, 1.807) is 19.2 Å². The molecule has 1 amide bonds. The molecule has 4 rings (SSSR count). The number of fused-ring (bicyclic) bond motifs is 3. The van der Waals surface area contributed by atoms with Gasteiger partial charge in [-0.05, 0) is 43.3 Å². The van der Waals surface area contributed by atoms with Crippen molar-refractivity contribution < 1.29 is 9.53 Å². The molecule has 0 fully saturated rings. The fourth-order valence-electron chi connectivity index (χ4n) is 3.50. The summed E-state index contributed by atoms with van der Waals surface area (Å²) >= 11 is 0. The van der Waals surface area contributed by atoms with Crippen molar-refractivity contribution in [1.82, 2.24) is 4.57 Å². The van der Waals surface area contributed by atoms with E-state index in [-0.39, 0.29) is 5.91 Å². The van der Waals surface area contributed by atoms with E-state index in [1.165, 1.54) is 16.4 Å². The summed E-state index contributed by atoms with van der Waals surface area (Å²) in [7, 11) is 1.57. The molecule has 3 aromatic carbocycles. The number of methoxy groups -OCH3 is 1. The molecule has 0 aliphatic carbocycles. The quantitative estimate of drug-likeness (QED) is 0.561. The molecule has 130 valence electrons. The summed E-state index contributed by atoms with van der Waals surface area (Å²) in [4.78, 5) is 12.7. The number of carbonyl (C=O) groups excluding carboxylic acids is 1. The first-order valence-electron chi connectivity index (χ1n) is 8.68. The second kappa shape index (κ2) is 6.56. The second-order valence-corrected chi connectivity index (χ2v) is 6.15. The van der Waals surface area contributed by atoms with E-state index < -0.39 is 0 Å². The lowest BCUT2D eigenvalue weighted by molar-refractivity contribution is 0.102. The smallest absolute Gasteiger partial charge is 0.259 e. The largest absolute Gasteiger partial charge is 0.496 e. The first kappa shape index (κ1) is 16.2. The van der Waals surface area contributed by atoms with Crippen LogP contribution in [0.25, 0.3) is 21.8 Å². The maximum absolute atomic E-state index is 12.7. The van der Waals surface area contributed by atoms with Gasteiger partial charge in [-0.25, -0.2) is 0 Å². The predicted molar refractivity (Wildman–Crippen MR) is 106 cm³/mol. The minimum atomic E-state index is -0.180. The number of benzene rings is 3. The van der Waals surface area contributed by atoms with E-state index in [4.69, 9.17) is 4.74 Å². The monoisotopic (exact) mass is 344 g/mol. The third kappa shape index (κ3) is 2.60. The highest BCUT2D eigenvalue weighted by Gasteiger charge is 2.14. The maximum atomic E-state index is 12.7. The Bertz CT molecular complexity index is 1110. The van der Waals surface area contributed by atoms with E-state index in [0.717, 1.165) is 17.6 Å². The van der Waals surface area contributed by atoms with Crippen LogP contribution >= 0.6 is 0 Å². The number of aryl methyl sites for hydroxylation is 1. The number of nitrogens with one attached hydrogen (secondary N) is 1. The van der Waals surface area contributed by atoms with E-state index in [9.17, 15) is 4.79 Å². The Hall–Kier alpha value is -3.27. The Morgan fingerprint density at radius 3 is 2.50 bits per heavy atom. The third-order valence-electron chi connectivity index (χ3n) is 4.70. The summed E-state index contributed by atoms with van der Waals surface area (Å²) in [6.07, 6.45) is 0. The highest BCUT2D eigenvalue weighted by molar-refractivity contribution is 6.11. The molecule has 0 saturated carbocycles. The van der Waals surface area contributed by atoms with Gasteiger partial charge in [0.1, 0.15) is 5.75 Å². The van der Waals surface area contributed by atoms with E-state index in [1.807, 2.05) is 30.3 Å². The third-order valence-corrected chi connectivity index (χ3v) is 4.70. The normalized spacial score (nSPS) is 11.0. The molecule has 26 heavy (non-hydrogen) atoms. The lowest BCUT2D eigenvalue weighted by Crippen LogP contribution is -2.13. The molecule has 0 atom stereocenters. The van der Waals surface area contributed by atoms with Gasteiger partial charge in [-0.3, -0.25) is 4.79 Å². The number of para-hydroxylation sites is 2. The zero-order valence-corrected chi connectivity index (χ0v) is 14.8. The SMILES string of the molecule is CCn1c2ccccc2c2cc(NC(=O)c3ccccc3OC)ccc21. The summed E-state index contributed by atoms with van der Waals surface area (Å²) in [6.45, 7) is 3.04. The maximum Gasteiger partial charge on any atom is 0.259 e. The summed E-state index contributed by atoms with van der Waals surface area (Å²) in [5, 5.41) is 5.32. The average Bonchev–Trinajstić information content (AvgIpc) is 3.01. The van der Waals surface area contributed by atoms with Crippen molar-refractivity contribution in [2.24, 2.45) is 0 Å². The Kier molecular flexibility index (Phi) is 4.09. The molecule has 0 saturated heterocycles. The molecule has 0 aliphatic rings. The van der Waals surface area contributed by atoms with E-state index in [0.29, 0.717) is 11.3 Å². The standard InChI is InChI=1S/C22H20N2O2/c1-3-24-19-10-6-4-8-16(19)18-14-15(12-13-20(18)24)23-22(25)17-9-5-7-11-21(17)26-2/h4-14H,3H2,1-2H3,(H,23,25). The highest BCUT2D eigenvalue weighted by Crippen LogP contribution is 2.31. The van der Waals surface area contributed by atoms with Crippen LogP contribution < -0.4 is 10.1 Å². The first-order chi connectivity index (χ1) is 12.7. The highest BCUT2D eigenvalue weighted by atomic mass is 16.5. The van der Waals surface area contributed by atoms with Gasteiger partial charge in [0.25, 0.3) is 5.91 Å². The van der Waals surface area contributed by atoms with E-state index in [2.05, 4.69) is 41.1 Å². The number of aromatic nitrogens is 1. The predicted octanol–water partition coefficient (Wildman–Crippen LogP) is 5.08. The van der Waals surface area contributed by atoms with Gasteiger partial charge < -0.3 is 14.6 Å². The van der Waals surface area contributed by atoms with Gasteiger partial charge in [-0.15, -0.1) is 0 Å². The number of anilines is 1. The van der Waals surface area contributed by atoms with Crippen LogP contribution in [-0.4, -0.2) is 17.6 Å².